The van der Waals surface area contributed by atoms with Crippen LogP contribution in [0.5, 0.6) is 0 Å². The van der Waals surface area contributed by atoms with Crippen LogP contribution in [-0.2, 0) is 0 Å². The third-order valence-electron chi connectivity index (χ3n) is 8.81. The third kappa shape index (κ3) is 4.69. The van der Waals surface area contributed by atoms with Crippen molar-refractivity contribution in [2.75, 3.05) is 4.90 Å². The van der Waals surface area contributed by atoms with Crippen molar-refractivity contribution in [3.05, 3.63) is 174 Å². The number of para-hydroxylation sites is 3. The van der Waals surface area contributed by atoms with Crippen molar-refractivity contribution in [3.8, 4) is 0 Å². The van der Waals surface area contributed by atoms with Gasteiger partial charge in [-0.2, -0.15) is 0 Å². The standard InChI is InChI=1S/C41H35N6/c1-30-23-25-39-36(27-30)42-46(35-20-11-6-12-21-35)41(44(39)29-33-16-7-4-8-17-33)45(34-18-9-5-10-19-34)40-26-24-31(2)28-37(40)43-47(41)38-22-14-13-15-32(38)3/h4-29H,1-3H3/q+3/b44-29+. The first-order valence-corrected chi connectivity index (χ1v) is 15.9. The number of fused-ring (bicyclic) bond motifs is 2. The number of aryl methyl sites for hydroxylation is 3. The Morgan fingerprint density at radius 2 is 1.15 bits per heavy atom. The molecule has 226 valence electrons. The van der Waals surface area contributed by atoms with E-state index in [4.69, 9.17) is 10.2 Å². The molecule has 0 fully saturated rings. The molecule has 0 saturated heterocycles. The van der Waals surface area contributed by atoms with E-state index in [0.29, 0.717) is 0 Å². The maximum absolute atomic E-state index is 5.58. The van der Waals surface area contributed by atoms with Crippen molar-refractivity contribution in [2.24, 2.45) is 10.2 Å². The van der Waals surface area contributed by atoms with E-state index in [-0.39, 0.29) is 0 Å². The highest BCUT2D eigenvalue weighted by atomic mass is 15.7. The van der Waals surface area contributed by atoms with Gasteiger partial charge in [0.2, 0.25) is 11.4 Å². The van der Waals surface area contributed by atoms with Crippen molar-refractivity contribution in [1.29, 1.82) is 0 Å². The first-order chi connectivity index (χ1) is 23.0. The molecular weight excluding hydrogens is 576 g/mol. The molecule has 47 heavy (non-hydrogen) atoms. The zero-order valence-corrected chi connectivity index (χ0v) is 26.7. The van der Waals surface area contributed by atoms with Crippen LogP contribution in [0, 0.1) is 20.8 Å². The molecule has 1 unspecified atom stereocenters. The van der Waals surface area contributed by atoms with Gasteiger partial charge < -0.3 is 0 Å². The summed E-state index contributed by atoms with van der Waals surface area (Å²) >= 11 is 0. The molecule has 6 nitrogen and oxygen atoms in total. The molecular formula is C41H35N6+3. The summed E-state index contributed by atoms with van der Waals surface area (Å²) in [7, 11) is 0. The Balaban J connectivity index is 1.62. The second-order valence-electron chi connectivity index (χ2n) is 12.1. The third-order valence-corrected chi connectivity index (χ3v) is 8.81. The average Bonchev–Trinajstić information content (AvgIpc) is 3.10. The van der Waals surface area contributed by atoms with E-state index in [1.165, 1.54) is 0 Å². The minimum Gasteiger partial charge on any atom is -0.149 e. The fraction of sp³-hybridized carbons (Fsp3) is 0.0976. The number of hydrogen-bond donors (Lipinski definition) is 0. The van der Waals surface area contributed by atoms with Crippen LogP contribution in [0.2, 0.25) is 0 Å². The van der Waals surface area contributed by atoms with Crippen molar-refractivity contribution in [3.63, 3.8) is 0 Å². The number of rotatable bonds is 4. The van der Waals surface area contributed by atoms with Crippen molar-refractivity contribution in [2.45, 2.75) is 26.7 Å². The molecule has 2 aliphatic heterocycles. The van der Waals surface area contributed by atoms with Crippen LogP contribution in [0.25, 0.3) is 0 Å². The van der Waals surface area contributed by atoms with Crippen LogP contribution in [0.15, 0.2) is 162 Å². The topological polar surface area (TPSA) is 37.0 Å². The summed E-state index contributed by atoms with van der Waals surface area (Å²) in [4.78, 5) is 2.39. The molecule has 8 rings (SSSR count). The number of benzene rings is 6. The monoisotopic (exact) mass is 611 g/mol. The second-order valence-corrected chi connectivity index (χ2v) is 12.1. The normalized spacial score (nSPS) is 17.6. The van der Waals surface area contributed by atoms with Gasteiger partial charge in [0, 0.05) is 45.6 Å². The SMILES string of the molecule is Cc1ccc2c(c1)N=[N+](c1ccccc1C)C1(N2c2ccccc2)[N+](c2ccccc2)=Nc2cc(C)ccc2/[N+]1=C\c1ccccc1. The smallest absolute Gasteiger partial charge is 0.149 e. The van der Waals surface area contributed by atoms with Gasteiger partial charge in [-0.1, -0.05) is 84.9 Å². The Bertz CT molecular complexity index is 2220. The van der Waals surface area contributed by atoms with Gasteiger partial charge in [-0.05, 0) is 78.9 Å². The number of anilines is 2. The maximum Gasteiger partial charge on any atom is 0.712 e. The lowest BCUT2D eigenvalue weighted by Gasteiger charge is -2.35. The van der Waals surface area contributed by atoms with Crippen LogP contribution >= 0.6 is 0 Å². The highest BCUT2D eigenvalue weighted by Crippen LogP contribution is 2.53. The molecule has 0 bridgehead atoms. The highest BCUT2D eigenvalue weighted by Gasteiger charge is 2.79. The lowest BCUT2D eigenvalue weighted by molar-refractivity contribution is -0.972. The molecule has 2 aliphatic rings. The zero-order chi connectivity index (χ0) is 32.0. The van der Waals surface area contributed by atoms with E-state index in [2.05, 4.69) is 191 Å². The largest absolute Gasteiger partial charge is 0.712 e. The highest BCUT2D eigenvalue weighted by molar-refractivity contribution is 5.80. The fourth-order valence-electron chi connectivity index (χ4n) is 6.63. The summed E-state index contributed by atoms with van der Waals surface area (Å²) in [6.45, 7) is 6.38. The minimum absolute atomic E-state index is 0.874. The van der Waals surface area contributed by atoms with Gasteiger partial charge in [-0.3, -0.25) is 0 Å². The Morgan fingerprint density at radius 3 is 1.87 bits per heavy atom. The van der Waals surface area contributed by atoms with Crippen LogP contribution < -0.4 is 4.90 Å². The Kier molecular flexibility index (Phi) is 6.91. The predicted molar refractivity (Wildman–Crippen MR) is 187 cm³/mol. The molecule has 1 atom stereocenters. The summed E-state index contributed by atoms with van der Waals surface area (Å²) < 4.78 is 6.65. The molecule has 0 radical (unpaired) electrons. The molecule has 6 heteroatoms. The maximum atomic E-state index is 5.58. The molecule has 0 amide bonds. The predicted octanol–water partition coefficient (Wildman–Crippen LogP) is 10.7. The van der Waals surface area contributed by atoms with Crippen LogP contribution in [-0.4, -0.2) is 26.1 Å². The minimum atomic E-state index is -1.20. The molecule has 0 aromatic heterocycles. The summed E-state index contributed by atoms with van der Waals surface area (Å²) in [5, 5.41) is 11.1. The van der Waals surface area contributed by atoms with Gasteiger partial charge in [0.1, 0.15) is 0 Å². The van der Waals surface area contributed by atoms with Gasteiger partial charge in [-0.15, -0.1) is 4.90 Å². The zero-order valence-electron chi connectivity index (χ0n) is 26.7. The van der Waals surface area contributed by atoms with Crippen LogP contribution in [0.3, 0.4) is 0 Å². The van der Waals surface area contributed by atoms with E-state index < -0.39 is 5.91 Å². The van der Waals surface area contributed by atoms with E-state index in [9.17, 15) is 0 Å². The summed E-state index contributed by atoms with van der Waals surface area (Å²) in [6.07, 6.45) is 2.23. The fourth-order valence-corrected chi connectivity index (χ4v) is 6.63. The quantitative estimate of drug-likeness (QED) is 0.183. The van der Waals surface area contributed by atoms with Gasteiger partial charge in [0.15, 0.2) is 11.9 Å². The summed E-state index contributed by atoms with van der Waals surface area (Å²) in [5.41, 5.74) is 11.0. The first-order valence-electron chi connectivity index (χ1n) is 15.9. The molecule has 0 aliphatic carbocycles. The van der Waals surface area contributed by atoms with Gasteiger partial charge in [0.05, 0.1) is 20.8 Å². The average molecular weight is 612 g/mol. The molecule has 6 aromatic rings. The van der Waals surface area contributed by atoms with Crippen molar-refractivity contribution >= 4 is 46.0 Å². The van der Waals surface area contributed by atoms with Crippen LogP contribution in [0.4, 0.5) is 39.8 Å². The van der Waals surface area contributed by atoms with Crippen molar-refractivity contribution < 1.29 is 14.0 Å². The Labute approximate surface area is 275 Å². The van der Waals surface area contributed by atoms with E-state index in [1.54, 1.807) is 0 Å². The van der Waals surface area contributed by atoms with Gasteiger partial charge in [0.25, 0.3) is 11.4 Å². The first kappa shape index (κ1) is 28.5. The number of hydrogen-bond acceptors (Lipinski definition) is 3. The Morgan fingerprint density at radius 1 is 0.553 bits per heavy atom. The summed E-state index contributed by atoms with van der Waals surface area (Å²) in [5.74, 6) is -1.20. The van der Waals surface area contributed by atoms with E-state index in [1.807, 2.05) is 6.07 Å². The number of nitrogens with zero attached hydrogens (tertiary/aromatic N) is 6. The lowest BCUT2D eigenvalue weighted by Crippen LogP contribution is -2.67. The van der Waals surface area contributed by atoms with Gasteiger partial charge in [-0.25, -0.2) is 0 Å². The van der Waals surface area contributed by atoms with Gasteiger partial charge >= 0.3 is 5.91 Å². The number of azo groups is 4. The molecule has 2 heterocycles. The van der Waals surface area contributed by atoms with Crippen molar-refractivity contribution in [1.82, 2.24) is 0 Å². The molecule has 0 N–H and O–H groups in total. The molecule has 6 aromatic carbocycles. The second kappa shape index (κ2) is 11.4. The lowest BCUT2D eigenvalue weighted by atomic mass is 10.1. The van der Waals surface area contributed by atoms with E-state index >= 15 is 0 Å². The summed E-state index contributed by atoms with van der Waals surface area (Å²) in [6, 6.07) is 53.0. The van der Waals surface area contributed by atoms with Crippen LogP contribution in [0.1, 0.15) is 22.3 Å². The Hall–Kier alpha value is -6.01. The molecule has 0 saturated carbocycles. The van der Waals surface area contributed by atoms with E-state index in [0.717, 1.165) is 62.1 Å². The molecule has 1 spiro atoms.